The smallest absolute Gasteiger partial charge is 0.293 e. The van der Waals surface area contributed by atoms with Crippen molar-refractivity contribution in [3.8, 4) is 0 Å². The van der Waals surface area contributed by atoms with Crippen molar-refractivity contribution in [3.05, 3.63) is 27.8 Å². The van der Waals surface area contributed by atoms with Gasteiger partial charge in [0.15, 0.2) is 0 Å². The van der Waals surface area contributed by atoms with Gasteiger partial charge in [0, 0.05) is 25.7 Å². The summed E-state index contributed by atoms with van der Waals surface area (Å²) in [5.41, 5.74) is 0.523. The van der Waals surface area contributed by atoms with Crippen molar-refractivity contribution >= 4 is 21.4 Å². The number of nitro groups is 1. The molecule has 0 spiro atoms. The maximum absolute atomic E-state index is 12.7. The number of sulfonamides is 1. The van der Waals surface area contributed by atoms with E-state index in [0.717, 1.165) is 6.07 Å². The molecule has 0 aliphatic rings. The van der Waals surface area contributed by atoms with Gasteiger partial charge in [-0.1, -0.05) is 6.92 Å². The highest BCUT2D eigenvalue weighted by Gasteiger charge is 2.30. The molecule has 0 saturated carbocycles. The van der Waals surface area contributed by atoms with Crippen LogP contribution in [0.3, 0.4) is 0 Å². The number of hydrogen-bond donors (Lipinski definition) is 1. The fraction of sp³-hybridized carbons (Fsp3) is 0.538. The molecular weight excluding hydrogens is 294 g/mol. The molecule has 0 amide bonds. The van der Waals surface area contributed by atoms with Gasteiger partial charge in [0.2, 0.25) is 10.0 Å². The van der Waals surface area contributed by atoms with Crippen molar-refractivity contribution in [2.24, 2.45) is 0 Å². The second-order valence-electron chi connectivity index (χ2n) is 4.94. The summed E-state index contributed by atoms with van der Waals surface area (Å²) in [6, 6.07) is 2.39. The summed E-state index contributed by atoms with van der Waals surface area (Å²) in [6.45, 7) is 7.22. The number of aryl methyl sites for hydroxylation is 1. The van der Waals surface area contributed by atoms with Crippen molar-refractivity contribution in [1.29, 1.82) is 0 Å². The Morgan fingerprint density at radius 2 is 1.95 bits per heavy atom. The van der Waals surface area contributed by atoms with Crippen LogP contribution in [-0.2, 0) is 10.0 Å². The van der Waals surface area contributed by atoms with E-state index >= 15 is 0 Å². The summed E-state index contributed by atoms with van der Waals surface area (Å²) in [5.74, 6) is 0. The maximum Gasteiger partial charge on any atom is 0.293 e. The Kier molecular flexibility index (Phi) is 5.30. The van der Waals surface area contributed by atoms with Crippen molar-refractivity contribution in [3.63, 3.8) is 0 Å². The van der Waals surface area contributed by atoms with Gasteiger partial charge in [0.05, 0.1) is 9.82 Å². The molecule has 0 aliphatic carbocycles. The summed E-state index contributed by atoms with van der Waals surface area (Å²) < 4.78 is 26.7. The van der Waals surface area contributed by atoms with Crippen LogP contribution in [0, 0.1) is 17.0 Å². The first kappa shape index (κ1) is 17.4. The molecule has 1 aromatic rings. The molecule has 0 bridgehead atoms. The molecule has 0 atom stereocenters. The Morgan fingerprint density at radius 3 is 2.33 bits per heavy atom. The first-order valence-electron chi connectivity index (χ1n) is 6.65. The number of anilines is 1. The lowest BCUT2D eigenvalue weighted by molar-refractivity contribution is -0.384. The van der Waals surface area contributed by atoms with Gasteiger partial charge in [-0.25, -0.2) is 8.42 Å². The molecule has 0 saturated heterocycles. The van der Waals surface area contributed by atoms with Crippen molar-refractivity contribution < 1.29 is 13.3 Å². The quantitative estimate of drug-likeness (QED) is 0.642. The molecule has 118 valence electrons. The Labute approximate surface area is 125 Å². The second kappa shape index (κ2) is 6.40. The van der Waals surface area contributed by atoms with E-state index in [0.29, 0.717) is 17.8 Å². The lowest BCUT2D eigenvalue weighted by Crippen LogP contribution is -2.37. The molecule has 1 rings (SSSR count). The van der Waals surface area contributed by atoms with E-state index in [-0.39, 0.29) is 16.6 Å². The standard InChI is InChI=1S/C13H21N3O4S/c1-6-15(9(2)3)21(19,20)13-8-12(16(17)18)11(14-5)7-10(13)4/h7-9,14H,6H2,1-5H3. The fourth-order valence-electron chi connectivity index (χ4n) is 2.25. The molecule has 21 heavy (non-hydrogen) atoms. The molecule has 1 N–H and O–H groups in total. The predicted molar refractivity (Wildman–Crippen MR) is 82.1 cm³/mol. The maximum atomic E-state index is 12.7. The topological polar surface area (TPSA) is 92.5 Å². The van der Waals surface area contributed by atoms with E-state index < -0.39 is 14.9 Å². The van der Waals surface area contributed by atoms with Crippen LogP contribution in [0.25, 0.3) is 0 Å². The SMILES string of the molecule is CCN(C(C)C)S(=O)(=O)c1cc([N+](=O)[O-])c(NC)cc1C. The van der Waals surface area contributed by atoms with Crippen LogP contribution in [0.4, 0.5) is 11.4 Å². The summed E-state index contributed by atoms with van der Waals surface area (Å²) >= 11 is 0. The van der Waals surface area contributed by atoms with Gasteiger partial charge in [-0.3, -0.25) is 10.1 Å². The molecule has 0 aliphatic heterocycles. The molecule has 8 heteroatoms. The van der Waals surface area contributed by atoms with E-state index in [1.165, 1.54) is 10.4 Å². The van der Waals surface area contributed by atoms with Gasteiger partial charge in [0.1, 0.15) is 5.69 Å². The number of rotatable bonds is 6. The average molecular weight is 315 g/mol. The van der Waals surface area contributed by atoms with Crippen LogP contribution >= 0.6 is 0 Å². The van der Waals surface area contributed by atoms with Gasteiger partial charge in [-0.05, 0) is 32.4 Å². The lowest BCUT2D eigenvalue weighted by atomic mass is 10.2. The number of hydrogen-bond acceptors (Lipinski definition) is 5. The number of nitrogens with one attached hydrogen (secondary N) is 1. The first-order valence-corrected chi connectivity index (χ1v) is 8.09. The zero-order chi connectivity index (χ0) is 16.4. The normalized spacial score (nSPS) is 12.0. The minimum Gasteiger partial charge on any atom is -0.383 e. The van der Waals surface area contributed by atoms with Gasteiger partial charge in [0.25, 0.3) is 5.69 Å². The highest BCUT2D eigenvalue weighted by atomic mass is 32.2. The monoisotopic (exact) mass is 315 g/mol. The van der Waals surface area contributed by atoms with Crippen LogP contribution < -0.4 is 5.32 Å². The molecule has 0 heterocycles. The summed E-state index contributed by atoms with van der Waals surface area (Å²) in [5, 5.41) is 13.8. The molecule has 0 unspecified atom stereocenters. The molecule has 0 radical (unpaired) electrons. The average Bonchev–Trinajstić information content (AvgIpc) is 2.37. The molecule has 0 fully saturated rings. The minimum atomic E-state index is -3.76. The van der Waals surface area contributed by atoms with Crippen molar-refractivity contribution in [2.45, 2.75) is 38.6 Å². The van der Waals surface area contributed by atoms with Crippen LogP contribution in [0.1, 0.15) is 26.3 Å². The zero-order valence-electron chi connectivity index (χ0n) is 12.9. The van der Waals surface area contributed by atoms with Crippen LogP contribution in [0.5, 0.6) is 0 Å². The Bertz CT molecular complexity index is 641. The first-order chi connectivity index (χ1) is 9.66. The third kappa shape index (κ3) is 3.33. The minimum absolute atomic E-state index is 0.0243. The Hall–Kier alpha value is -1.67. The van der Waals surface area contributed by atoms with Crippen LogP contribution in [0.15, 0.2) is 17.0 Å². The highest BCUT2D eigenvalue weighted by Crippen LogP contribution is 2.32. The summed E-state index contributed by atoms with van der Waals surface area (Å²) in [7, 11) is -2.20. The molecule has 7 nitrogen and oxygen atoms in total. The van der Waals surface area contributed by atoms with Crippen molar-refractivity contribution in [2.75, 3.05) is 18.9 Å². The van der Waals surface area contributed by atoms with E-state index in [9.17, 15) is 18.5 Å². The van der Waals surface area contributed by atoms with E-state index in [1.54, 1.807) is 34.7 Å². The van der Waals surface area contributed by atoms with E-state index in [1.807, 2.05) is 0 Å². The van der Waals surface area contributed by atoms with Gasteiger partial charge in [-0.2, -0.15) is 4.31 Å². The largest absolute Gasteiger partial charge is 0.383 e. The number of nitrogens with zero attached hydrogens (tertiary/aromatic N) is 2. The van der Waals surface area contributed by atoms with E-state index in [4.69, 9.17) is 0 Å². The van der Waals surface area contributed by atoms with Gasteiger partial charge < -0.3 is 5.32 Å². The van der Waals surface area contributed by atoms with Crippen LogP contribution in [-0.4, -0.2) is 37.3 Å². The van der Waals surface area contributed by atoms with Gasteiger partial charge >= 0.3 is 0 Å². The molecule has 1 aromatic carbocycles. The second-order valence-corrected chi connectivity index (χ2v) is 6.80. The fourth-order valence-corrected chi connectivity index (χ4v) is 4.12. The predicted octanol–water partition coefficient (Wildman–Crippen LogP) is 2.36. The molecular formula is C13H21N3O4S. The third-order valence-corrected chi connectivity index (χ3v) is 5.53. The summed E-state index contributed by atoms with van der Waals surface area (Å²) in [4.78, 5) is 10.5. The third-order valence-electron chi connectivity index (χ3n) is 3.23. The lowest BCUT2D eigenvalue weighted by Gasteiger charge is -2.25. The van der Waals surface area contributed by atoms with Gasteiger partial charge in [-0.15, -0.1) is 0 Å². The van der Waals surface area contributed by atoms with Crippen LogP contribution in [0.2, 0.25) is 0 Å². The number of nitro benzene ring substituents is 1. The summed E-state index contributed by atoms with van der Waals surface area (Å²) in [6.07, 6.45) is 0. The Morgan fingerprint density at radius 1 is 1.38 bits per heavy atom. The molecule has 0 aromatic heterocycles. The Balaban J connectivity index is 3.56. The van der Waals surface area contributed by atoms with E-state index in [2.05, 4.69) is 5.32 Å². The highest BCUT2D eigenvalue weighted by molar-refractivity contribution is 7.89. The zero-order valence-corrected chi connectivity index (χ0v) is 13.7. The van der Waals surface area contributed by atoms with Crippen molar-refractivity contribution in [1.82, 2.24) is 4.31 Å². The number of benzene rings is 1.